The van der Waals surface area contributed by atoms with Crippen LogP contribution in [0.25, 0.3) is 0 Å². The van der Waals surface area contributed by atoms with Crippen LogP contribution in [0.2, 0.25) is 0 Å². The molecular formula is C16H20N2. The predicted molar refractivity (Wildman–Crippen MR) is 79.1 cm³/mol. The number of hydrogen-bond acceptors (Lipinski definition) is 2. The zero-order valence-corrected chi connectivity index (χ0v) is 10.9. The van der Waals surface area contributed by atoms with E-state index in [1.165, 1.54) is 0 Å². The van der Waals surface area contributed by atoms with E-state index in [2.05, 4.69) is 48.7 Å². The van der Waals surface area contributed by atoms with Crippen LogP contribution >= 0.6 is 0 Å². The maximum atomic E-state index is 3.50. The van der Waals surface area contributed by atoms with Crippen LogP contribution in [0.1, 0.15) is 13.8 Å². The van der Waals surface area contributed by atoms with Crippen LogP contribution in [0.3, 0.4) is 0 Å². The zero-order valence-electron chi connectivity index (χ0n) is 10.9. The first kappa shape index (κ1) is 12.5. The highest BCUT2D eigenvalue weighted by Crippen LogP contribution is 2.12. The van der Waals surface area contributed by atoms with E-state index >= 15 is 0 Å². The van der Waals surface area contributed by atoms with Crippen molar-refractivity contribution < 1.29 is 0 Å². The molecule has 2 N–H and O–H groups in total. The van der Waals surface area contributed by atoms with Gasteiger partial charge in [0.15, 0.2) is 0 Å². The Morgan fingerprint density at radius 2 is 0.944 bits per heavy atom. The Morgan fingerprint density at radius 1 is 0.611 bits per heavy atom. The molecule has 0 bridgehead atoms. The van der Waals surface area contributed by atoms with Gasteiger partial charge in [0.2, 0.25) is 0 Å². The molecule has 2 aromatic rings. The second-order valence-electron chi connectivity index (χ2n) is 4.60. The number of rotatable bonds is 5. The molecule has 2 nitrogen and oxygen atoms in total. The van der Waals surface area contributed by atoms with Gasteiger partial charge in [-0.25, -0.2) is 0 Å². The van der Waals surface area contributed by atoms with Crippen LogP contribution in [0.5, 0.6) is 0 Å². The van der Waals surface area contributed by atoms with Crippen molar-refractivity contribution in [1.29, 1.82) is 0 Å². The predicted octanol–water partition coefficient (Wildman–Crippen LogP) is 3.99. The molecule has 0 saturated carbocycles. The highest BCUT2D eigenvalue weighted by Gasteiger charge is 2.11. The third kappa shape index (κ3) is 3.52. The molecule has 0 spiro atoms. The van der Waals surface area contributed by atoms with Gasteiger partial charge < -0.3 is 10.6 Å². The summed E-state index contributed by atoms with van der Waals surface area (Å²) in [6.07, 6.45) is 0. The Hall–Kier alpha value is -1.96. The van der Waals surface area contributed by atoms with Crippen LogP contribution < -0.4 is 10.6 Å². The molecule has 0 unspecified atom stereocenters. The van der Waals surface area contributed by atoms with Crippen LogP contribution in [0.4, 0.5) is 11.4 Å². The Labute approximate surface area is 109 Å². The summed E-state index contributed by atoms with van der Waals surface area (Å²) in [5.41, 5.74) is 2.32. The lowest BCUT2D eigenvalue weighted by Crippen LogP contribution is -2.34. The van der Waals surface area contributed by atoms with E-state index in [-0.39, 0.29) is 0 Å². The summed E-state index contributed by atoms with van der Waals surface area (Å²) in [5, 5.41) is 7.00. The molecule has 0 aromatic heterocycles. The van der Waals surface area contributed by atoms with Gasteiger partial charge in [-0.05, 0) is 38.1 Å². The maximum Gasteiger partial charge on any atom is 0.0431 e. The molecule has 0 heterocycles. The standard InChI is InChI=1S/C16H20N2/c1-13(17-15-9-5-3-6-10-15)14(2)18-16-11-7-4-8-12-16/h3-14,17-18H,1-2H3/t13-,14-/m0/s1. The van der Waals surface area contributed by atoms with Crippen molar-refractivity contribution in [3.8, 4) is 0 Å². The van der Waals surface area contributed by atoms with Gasteiger partial charge in [0.25, 0.3) is 0 Å². The average molecular weight is 240 g/mol. The summed E-state index contributed by atoms with van der Waals surface area (Å²) >= 11 is 0. The van der Waals surface area contributed by atoms with Crippen molar-refractivity contribution in [2.45, 2.75) is 25.9 Å². The van der Waals surface area contributed by atoms with Crippen LogP contribution in [-0.2, 0) is 0 Å². The Balaban J connectivity index is 1.91. The fraction of sp³-hybridized carbons (Fsp3) is 0.250. The highest BCUT2D eigenvalue weighted by molar-refractivity contribution is 5.46. The first-order valence-corrected chi connectivity index (χ1v) is 6.39. The van der Waals surface area contributed by atoms with Crippen molar-refractivity contribution >= 4 is 11.4 Å². The summed E-state index contributed by atoms with van der Waals surface area (Å²) in [6.45, 7) is 4.38. The Bertz CT molecular complexity index is 408. The van der Waals surface area contributed by atoms with Gasteiger partial charge in [-0.2, -0.15) is 0 Å². The van der Waals surface area contributed by atoms with E-state index in [4.69, 9.17) is 0 Å². The molecule has 0 radical (unpaired) electrons. The molecule has 18 heavy (non-hydrogen) atoms. The van der Waals surface area contributed by atoms with Gasteiger partial charge >= 0.3 is 0 Å². The Morgan fingerprint density at radius 3 is 1.28 bits per heavy atom. The minimum Gasteiger partial charge on any atom is -0.381 e. The smallest absolute Gasteiger partial charge is 0.0431 e. The maximum absolute atomic E-state index is 3.50. The van der Waals surface area contributed by atoms with Crippen LogP contribution in [0, 0.1) is 0 Å². The summed E-state index contributed by atoms with van der Waals surface area (Å²) in [6, 6.07) is 21.3. The summed E-state index contributed by atoms with van der Waals surface area (Å²) in [4.78, 5) is 0. The topological polar surface area (TPSA) is 24.1 Å². The molecule has 2 rings (SSSR count). The molecule has 94 valence electrons. The lowest BCUT2D eigenvalue weighted by Gasteiger charge is -2.24. The first-order chi connectivity index (χ1) is 8.75. The minimum atomic E-state index is 0.354. The Kier molecular flexibility index (Phi) is 4.24. The van der Waals surface area contributed by atoms with E-state index in [9.17, 15) is 0 Å². The van der Waals surface area contributed by atoms with Crippen molar-refractivity contribution in [3.05, 3.63) is 60.7 Å². The van der Waals surface area contributed by atoms with Gasteiger partial charge in [0.1, 0.15) is 0 Å². The molecule has 0 fully saturated rings. The van der Waals surface area contributed by atoms with Crippen molar-refractivity contribution in [1.82, 2.24) is 0 Å². The van der Waals surface area contributed by atoms with Crippen molar-refractivity contribution in [2.75, 3.05) is 10.6 Å². The molecule has 0 aliphatic rings. The molecule has 0 aliphatic heterocycles. The van der Waals surface area contributed by atoms with E-state index in [1.807, 2.05) is 36.4 Å². The van der Waals surface area contributed by atoms with Gasteiger partial charge in [-0.3, -0.25) is 0 Å². The van der Waals surface area contributed by atoms with E-state index in [1.54, 1.807) is 0 Å². The summed E-state index contributed by atoms with van der Waals surface area (Å²) in [5.74, 6) is 0. The van der Waals surface area contributed by atoms with Crippen LogP contribution in [0.15, 0.2) is 60.7 Å². The number of hydrogen-bond donors (Lipinski definition) is 2. The largest absolute Gasteiger partial charge is 0.381 e. The third-order valence-electron chi connectivity index (χ3n) is 3.09. The van der Waals surface area contributed by atoms with Gasteiger partial charge in [0, 0.05) is 23.5 Å². The summed E-state index contributed by atoms with van der Waals surface area (Å²) < 4.78 is 0. The fourth-order valence-electron chi connectivity index (χ4n) is 1.84. The number of para-hydroxylation sites is 2. The quantitative estimate of drug-likeness (QED) is 0.825. The van der Waals surface area contributed by atoms with E-state index < -0.39 is 0 Å². The first-order valence-electron chi connectivity index (χ1n) is 6.39. The SMILES string of the molecule is C[C@H](Nc1ccccc1)[C@H](C)Nc1ccccc1. The molecule has 2 atom stereocenters. The van der Waals surface area contributed by atoms with Gasteiger partial charge in [-0.15, -0.1) is 0 Å². The lowest BCUT2D eigenvalue weighted by atomic mass is 10.1. The third-order valence-corrected chi connectivity index (χ3v) is 3.09. The van der Waals surface area contributed by atoms with Gasteiger partial charge in [0.05, 0.1) is 0 Å². The highest BCUT2D eigenvalue weighted by atomic mass is 15.0. The van der Waals surface area contributed by atoms with Crippen molar-refractivity contribution in [2.24, 2.45) is 0 Å². The fourth-order valence-corrected chi connectivity index (χ4v) is 1.84. The molecule has 0 amide bonds. The normalized spacial score (nSPS) is 13.7. The average Bonchev–Trinajstić information content (AvgIpc) is 2.41. The van der Waals surface area contributed by atoms with Crippen LogP contribution in [-0.4, -0.2) is 12.1 Å². The van der Waals surface area contributed by atoms with E-state index in [0.717, 1.165) is 11.4 Å². The number of benzene rings is 2. The number of nitrogens with one attached hydrogen (secondary N) is 2. The summed E-state index contributed by atoms with van der Waals surface area (Å²) in [7, 11) is 0. The second kappa shape index (κ2) is 6.10. The molecule has 0 saturated heterocycles. The second-order valence-corrected chi connectivity index (χ2v) is 4.60. The zero-order chi connectivity index (χ0) is 12.8. The molecule has 2 aromatic carbocycles. The lowest BCUT2D eigenvalue weighted by molar-refractivity contribution is 0.677. The molecule has 0 aliphatic carbocycles. The van der Waals surface area contributed by atoms with E-state index in [0.29, 0.717) is 12.1 Å². The minimum absolute atomic E-state index is 0.354. The number of anilines is 2. The molecular weight excluding hydrogens is 220 g/mol. The monoisotopic (exact) mass is 240 g/mol. The van der Waals surface area contributed by atoms with Crippen molar-refractivity contribution in [3.63, 3.8) is 0 Å². The molecule has 2 heteroatoms. The van der Waals surface area contributed by atoms with Gasteiger partial charge in [-0.1, -0.05) is 36.4 Å².